The Kier molecular flexibility index (Phi) is 7.83. The summed E-state index contributed by atoms with van der Waals surface area (Å²) in [5, 5.41) is 2.15. The SMILES string of the molecule is [2H]C([2H])([2H])[n+]1[c-]n(-c2[c-]c(Oc3[c-]c4c(cc3)c3ccccc3n4-c3cc(C(C)(C)C)ccn3)c[c]([Bi]3[c]4ccccc4-c4cccc[c]43)c2)c2ccccc21.[Pt]. The maximum atomic E-state index is 8.31. The van der Waals surface area contributed by atoms with E-state index in [4.69, 9.17) is 13.8 Å². The number of hydrogen-bond acceptors (Lipinski definition) is 2. The van der Waals surface area contributed by atoms with E-state index in [1.165, 1.54) is 31.1 Å². The molecule has 6 aromatic carbocycles. The third kappa shape index (κ3) is 5.74. The molecule has 9 aromatic rings. The van der Waals surface area contributed by atoms with Crippen LogP contribution in [0.4, 0.5) is 0 Å². The van der Waals surface area contributed by atoms with Gasteiger partial charge >= 0.3 is 302 Å². The van der Waals surface area contributed by atoms with Gasteiger partial charge in [0, 0.05) is 21.1 Å². The van der Waals surface area contributed by atoms with E-state index in [0.717, 1.165) is 27.6 Å². The van der Waals surface area contributed by atoms with Crippen LogP contribution in [-0.2, 0) is 33.5 Å². The molecule has 0 bridgehead atoms. The second-order valence-electron chi connectivity index (χ2n) is 14.4. The summed E-state index contributed by atoms with van der Waals surface area (Å²) in [4.78, 5) is 4.85. The first-order chi connectivity index (χ1) is 27.0. The number of benzene rings is 6. The minimum atomic E-state index is -2.90. The van der Waals surface area contributed by atoms with Gasteiger partial charge < -0.3 is 0 Å². The third-order valence-electron chi connectivity index (χ3n) is 10.1. The Bertz CT molecular complexity index is 2970. The van der Waals surface area contributed by atoms with Crippen LogP contribution in [0.25, 0.3) is 55.5 Å². The molecule has 0 saturated carbocycles. The van der Waals surface area contributed by atoms with Gasteiger partial charge in [0.05, 0.1) is 0 Å². The van der Waals surface area contributed by atoms with Gasteiger partial charge in [0.15, 0.2) is 0 Å². The van der Waals surface area contributed by atoms with Crippen molar-refractivity contribution >= 4 is 64.4 Å². The van der Waals surface area contributed by atoms with E-state index in [2.05, 4.69) is 141 Å². The molecule has 10 rings (SSSR count). The Morgan fingerprint density at radius 1 is 0.722 bits per heavy atom. The number of para-hydroxylation sites is 3. The van der Waals surface area contributed by atoms with Crippen molar-refractivity contribution in [2.24, 2.45) is 6.98 Å². The Labute approximate surface area is 341 Å². The van der Waals surface area contributed by atoms with E-state index in [1.807, 2.05) is 42.6 Å². The quantitative estimate of drug-likeness (QED) is 0.0999. The first kappa shape index (κ1) is 31.5. The fraction of sp³-hybridized carbons (Fsp3) is 0.106. The van der Waals surface area contributed by atoms with E-state index in [0.29, 0.717) is 28.2 Å². The fourth-order valence-electron chi connectivity index (χ4n) is 7.55. The van der Waals surface area contributed by atoms with Gasteiger partial charge in [-0.05, 0) is 0 Å². The van der Waals surface area contributed by atoms with Crippen LogP contribution < -0.4 is 19.1 Å². The fourth-order valence-corrected chi connectivity index (χ4v) is 17.9. The molecule has 266 valence electrons. The molecule has 5 nitrogen and oxygen atoms in total. The zero-order chi connectivity index (χ0) is 38.3. The summed E-state index contributed by atoms with van der Waals surface area (Å²) in [6.45, 7) is 4.20. The summed E-state index contributed by atoms with van der Waals surface area (Å²) in [6, 6.07) is 53.0. The van der Waals surface area contributed by atoms with Crippen LogP contribution in [-0.4, -0.2) is 35.9 Å². The van der Waals surface area contributed by atoms with Crippen LogP contribution in [0, 0.1) is 18.5 Å². The molecule has 0 atom stereocenters. The van der Waals surface area contributed by atoms with Crippen molar-refractivity contribution in [2.75, 3.05) is 0 Å². The van der Waals surface area contributed by atoms with Crippen LogP contribution >= 0.6 is 0 Å². The minimum Gasteiger partial charge on any atom is 0 e. The number of aryl methyl sites for hydroxylation is 1. The minimum absolute atomic E-state index is 0. The number of hydrogen-bond donors (Lipinski definition) is 0. The van der Waals surface area contributed by atoms with E-state index in [1.54, 1.807) is 4.57 Å². The number of aromatic nitrogens is 4. The van der Waals surface area contributed by atoms with Crippen molar-refractivity contribution in [3.63, 3.8) is 0 Å². The van der Waals surface area contributed by atoms with Crippen molar-refractivity contribution in [2.45, 2.75) is 26.2 Å². The second kappa shape index (κ2) is 13.4. The Morgan fingerprint density at radius 3 is 2.19 bits per heavy atom. The standard InChI is InChI=1S/C35H27N4O.C12H8.Bi.Pt/c1-35(2,3)24-18-19-36-34(20-24)39-30-13-6-5-12-28(30)29-17-16-27(22-33(29)39)40-26-11-9-10-25(21-26)38-23-37(4)31-14-7-8-15-32(31)38;1-3-7-11(8-4-1)12-9-5-2-6-10-12;;/h5-8,10-20H,1-4H3;1-7,9H;;/q-2;;;/i4D3;;;. The van der Waals surface area contributed by atoms with Gasteiger partial charge in [-0.1, -0.05) is 20.8 Å². The van der Waals surface area contributed by atoms with Gasteiger partial charge in [-0.15, -0.1) is 0 Å². The summed E-state index contributed by atoms with van der Waals surface area (Å²) >= 11 is -2.90. The van der Waals surface area contributed by atoms with E-state index in [9.17, 15) is 0 Å². The number of imidazole rings is 1. The largest absolute Gasteiger partial charge is 0 e. The first-order valence-electron chi connectivity index (χ1n) is 19.1. The number of nitrogens with zero attached hydrogens (tertiary/aromatic N) is 4. The normalized spacial score (nSPS) is 13.6. The summed E-state index contributed by atoms with van der Waals surface area (Å²) in [5.41, 5.74) is 7.54. The van der Waals surface area contributed by atoms with Gasteiger partial charge in [-0.25, -0.2) is 0 Å². The molecule has 7 heteroatoms. The van der Waals surface area contributed by atoms with Crippen molar-refractivity contribution in [1.82, 2.24) is 14.1 Å². The average molecular weight is 1080 g/mol. The molecule has 0 spiro atoms. The molecule has 0 fully saturated rings. The van der Waals surface area contributed by atoms with Crippen LogP contribution in [0.1, 0.15) is 30.4 Å². The second-order valence-corrected chi connectivity index (χ2v) is 22.8. The monoisotopic (exact) mass is 1080 g/mol. The van der Waals surface area contributed by atoms with E-state index in [-0.39, 0.29) is 26.5 Å². The number of pyridine rings is 1. The maximum Gasteiger partial charge on any atom is 0 e. The summed E-state index contributed by atoms with van der Waals surface area (Å²) < 4.78 is 40.9. The molecular weight excluding hydrogens is 1040 g/mol. The van der Waals surface area contributed by atoms with Crippen LogP contribution in [0.2, 0.25) is 0 Å². The molecule has 0 amide bonds. The predicted molar refractivity (Wildman–Crippen MR) is 215 cm³/mol. The third-order valence-corrected chi connectivity index (χ3v) is 19.9. The summed E-state index contributed by atoms with van der Waals surface area (Å²) in [5.74, 6) is 1.87. The Balaban J connectivity index is 0.00000422. The molecule has 0 radical (unpaired) electrons. The average Bonchev–Trinajstić information content (AvgIpc) is 3.86. The molecule has 0 N–H and O–H groups in total. The van der Waals surface area contributed by atoms with Gasteiger partial charge in [0.2, 0.25) is 0 Å². The Hall–Kier alpha value is -4.89. The van der Waals surface area contributed by atoms with Crippen LogP contribution in [0.15, 0.2) is 140 Å². The Morgan fingerprint density at radius 2 is 1.43 bits per heavy atom. The molecule has 3 aromatic heterocycles. The number of fused-ring (bicyclic) bond motifs is 7. The maximum absolute atomic E-state index is 8.31. The first-order valence-corrected chi connectivity index (χ1v) is 22.9. The predicted octanol–water partition coefficient (Wildman–Crippen LogP) is 7.93. The van der Waals surface area contributed by atoms with Gasteiger partial charge in [0.1, 0.15) is 0 Å². The van der Waals surface area contributed by atoms with E-state index < -0.39 is 28.7 Å². The van der Waals surface area contributed by atoms with Gasteiger partial charge in [-0.2, -0.15) is 0 Å². The van der Waals surface area contributed by atoms with Crippen LogP contribution in [0.5, 0.6) is 11.5 Å². The molecule has 0 unspecified atom stereocenters. The van der Waals surface area contributed by atoms with Crippen LogP contribution in [0.3, 0.4) is 0 Å². The van der Waals surface area contributed by atoms with Crippen molar-refractivity contribution in [3.05, 3.63) is 164 Å². The number of ether oxygens (including phenoxy) is 1. The zero-order valence-corrected chi connectivity index (χ0v) is 35.5. The molecular formula is C47H35BiN4OPt-2. The van der Waals surface area contributed by atoms with Gasteiger partial charge in [-0.3, -0.25) is 0 Å². The van der Waals surface area contributed by atoms with E-state index >= 15 is 0 Å². The smallest absolute Gasteiger partial charge is 0 e. The summed E-state index contributed by atoms with van der Waals surface area (Å²) in [7, 11) is 0. The van der Waals surface area contributed by atoms with Crippen molar-refractivity contribution in [3.8, 4) is 34.1 Å². The molecule has 4 heterocycles. The topological polar surface area (TPSA) is 35.9 Å². The van der Waals surface area contributed by atoms with Crippen molar-refractivity contribution < 1.29 is 34.5 Å². The summed E-state index contributed by atoms with van der Waals surface area (Å²) in [6.07, 6.45) is 5.04. The molecule has 0 aliphatic carbocycles. The number of rotatable bonds is 5. The molecule has 54 heavy (non-hydrogen) atoms. The zero-order valence-electron chi connectivity index (χ0n) is 32.7. The molecule has 1 aliphatic rings. The van der Waals surface area contributed by atoms with Crippen molar-refractivity contribution in [1.29, 1.82) is 0 Å². The molecule has 0 saturated heterocycles. The molecule has 1 aliphatic heterocycles. The van der Waals surface area contributed by atoms with Gasteiger partial charge in [0.25, 0.3) is 0 Å².